The van der Waals surface area contributed by atoms with Crippen molar-refractivity contribution < 1.29 is 14.4 Å². The second-order valence-electron chi connectivity index (χ2n) is 7.17. The second kappa shape index (κ2) is 8.69. The Labute approximate surface area is 164 Å². The number of nitrogens with zero attached hydrogens (tertiary/aromatic N) is 1. The highest BCUT2D eigenvalue weighted by Crippen LogP contribution is 2.19. The molecule has 1 atom stereocenters. The van der Waals surface area contributed by atoms with Gasteiger partial charge in [-0.1, -0.05) is 43.3 Å². The number of carbonyl (C=O) groups excluding carboxylic acids is 3. The largest absolute Gasteiger partial charge is 0.323 e. The summed E-state index contributed by atoms with van der Waals surface area (Å²) in [6.07, 6.45) is 1.75. The molecular weight excluding hydrogens is 354 g/mol. The summed E-state index contributed by atoms with van der Waals surface area (Å²) in [7, 11) is 1.76. The van der Waals surface area contributed by atoms with Gasteiger partial charge in [-0.05, 0) is 41.7 Å². The molecule has 2 aromatic carbocycles. The van der Waals surface area contributed by atoms with Crippen LogP contribution in [0.3, 0.4) is 0 Å². The average Bonchev–Trinajstić information content (AvgIpc) is 3.00. The fourth-order valence-electron chi connectivity index (χ4n) is 3.23. The van der Waals surface area contributed by atoms with Gasteiger partial charge < -0.3 is 10.2 Å². The molecule has 1 saturated heterocycles. The summed E-state index contributed by atoms with van der Waals surface area (Å²) >= 11 is 0. The number of hydrogen-bond donors (Lipinski definition) is 2. The molecule has 0 aliphatic carbocycles. The van der Waals surface area contributed by atoms with Crippen LogP contribution in [-0.4, -0.2) is 29.8 Å². The molecule has 1 unspecified atom stereocenters. The molecule has 0 aromatic heterocycles. The van der Waals surface area contributed by atoms with Crippen molar-refractivity contribution in [3.63, 3.8) is 0 Å². The third kappa shape index (κ3) is 4.97. The van der Waals surface area contributed by atoms with E-state index in [1.54, 1.807) is 11.9 Å². The van der Waals surface area contributed by atoms with Crippen LogP contribution in [0, 0.1) is 5.92 Å². The van der Waals surface area contributed by atoms with Gasteiger partial charge in [-0.3, -0.25) is 14.9 Å². The molecule has 0 radical (unpaired) electrons. The number of anilines is 1. The van der Waals surface area contributed by atoms with Crippen molar-refractivity contribution in [2.75, 3.05) is 12.4 Å². The van der Waals surface area contributed by atoms with E-state index < -0.39 is 0 Å². The first-order valence-corrected chi connectivity index (χ1v) is 9.47. The minimum atomic E-state index is -0.307. The fourth-order valence-corrected chi connectivity index (χ4v) is 3.23. The summed E-state index contributed by atoms with van der Waals surface area (Å²) in [6.45, 7) is 2.64. The van der Waals surface area contributed by atoms with Crippen molar-refractivity contribution in [1.29, 1.82) is 0 Å². The van der Waals surface area contributed by atoms with E-state index in [2.05, 4.69) is 29.7 Å². The van der Waals surface area contributed by atoms with Gasteiger partial charge in [0.05, 0.1) is 5.92 Å². The van der Waals surface area contributed by atoms with Crippen LogP contribution in [0.1, 0.15) is 30.0 Å². The molecule has 6 heteroatoms. The van der Waals surface area contributed by atoms with Gasteiger partial charge in [0.2, 0.25) is 11.8 Å². The normalized spacial score (nSPS) is 16.0. The molecular formula is C22H25N3O3. The zero-order valence-corrected chi connectivity index (χ0v) is 16.2. The van der Waals surface area contributed by atoms with E-state index in [0.717, 1.165) is 17.5 Å². The molecule has 1 aliphatic rings. The maximum Gasteiger partial charge on any atom is 0.321 e. The van der Waals surface area contributed by atoms with E-state index in [-0.39, 0.29) is 30.2 Å². The molecule has 0 saturated carbocycles. The Bertz CT molecular complexity index is 860. The van der Waals surface area contributed by atoms with E-state index in [4.69, 9.17) is 0 Å². The Hall–Kier alpha value is -3.15. The molecule has 0 bridgehead atoms. The number of aryl methyl sites for hydroxylation is 1. The third-order valence-corrected chi connectivity index (χ3v) is 4.95. The van der Waals surface area contributed by atoms with Crippen LogP contribution < -0.4 is 10.6 Å². The zero-order chi connectivity index (χ0) is 20.1. The van der Waals surface area contributed by atoms with Crippen LogP contribution in [0.5, 0.6) is 0 Å². The summed E-state index contributed by atoms with van der Waals surface area (Å²) in [6, 6.07) is 15.4. The van der Waals surface area contributed by atoms with E-state index in [9.17, 15) is 14.4 Å². The number of carbonyl (C=O) groups is 3. The molecule has 0 spiro atoms. The van der Waals surface area contributed by atoms with E-state index in [1.807, 2.05) is 36.4 Å². The smallest absolute Gasteiger partial charge is 0.321 e. The molecule has 28 heavy (non-hydrogen) atoms. The van der Waals surface area contributed by atoms with Gasteiger partial charge in [-0.15, -0.1) is 0 Å². The highest BCUT2D eigenvalue weighted by molar-refractivity contribution is 6.03. The van der Waals surface area contributed by atoms with Gasteiger partial charge in [-0.2, -0.15) is 0 Å². The minimum absolute atomic E-state index is 0.187. The van der Waals surface area contributed by atoms with Gasteiger partial charge in [0.15, 0.2) is 0 Å². The molecule has 146 valence electrons. The average molecular weight is 379 g/mol. The number of benzene rings is 2. The molecule has 6 nitrogen and oxygen atoms in total. The number of hydrogen-bond acceptors (Lipinski definition) is 3. The van der Waals surface area contributed by atoms with E-state index >= 15 is 0 Å². The number of nitrogens with one attached hydrogen (secondary N) is 2. The van der Waals surface area contributed by atoms with Crippen LogP contribution in [0.2, 0.25) is 0 Å². The predicted molar refractivity (Wildman–Crippen MR) is 108 cm³/mol. The Morgan fingerprint density at radius 1 is 1.04 bits per heavy atom. The summed E-state index contributed by atoms with van der Waals surface area (Å²) in [5.41, 5.74) is 4.00. The molecule has 4 amide bonds. The summed E-state index contributed by atoms with van der Waals surface area (Å²) in [5, 5.41) is 5.20. The lowest BCUT2D eigenvalue weighted by Gasteiger charge is -2.18. The van der Waals surface area contributed by atoms with Crippen LogP contribution >= 0.6 is 0 Å². The van der Waals surface area contributed by atoms with E-state index in [0.29, 0.717) is 18.7 Å². The lowest BCUT2D eigenvalue weighted by molar-refractivity contribution is -0.125. The zero-order valence-electron chi connectivity index (χ0n) is 16.2. The maximum absolute atomic E-state index is 12.4. The molecule has 1 fully saturated rings. The Morgan fingerprint density at radius 3 is 2.21 bits per heavy atom. The quantitative estimate of drug-likeness (QED) is 0.757. The fraction of sp³-hybridized carbons (Fsp3) is 0.318. The Balaban J connectivity index is 1.53. The lowest BCUT2D eigenvalue weighted by Crippen LogP contribution is -2.30. The summed E-state index contributed by atoms with van der Waals surface area (Å²) in [5.74, 6) is -0.736. The van der Waals surface area contributed by atoms with E-state index in [1.165, 1.54) is 5.56 Å². The lowest BCUT2D eigenvalue weighted by atomic mass is 9.98. The summed E-state index contributed by atoms with van der Waals surface area (Å²) < 4.78 is 0. The maximum atomic E-state index is 12.4. The van der Waals surface area contributed by atoms with Gasteiger partial charge in [0, 0.05) is 25.7 Å². The standard InChI is InChI=1S/C22H25N3O3/c1-3-15-4-6-17(7-5-15)14-25(2)22(28)23-19-10-8-16(9-11-19)12-18-13-20(26)24-21(18)27/h4-11,18H,3,12-14H2,1-2H3,(H,23,28)(H,24,26,27). The van der Waals surface area contributed by atoms with Crippen LogP contribution in [-0.2, 0) is 29.0 Å². The molecule has 2 N–H and O–H groups in total. The molecule has 1 aliphatic heterocycles. The Kier molecular flexibility index (Phi) is 6.09. The topological polar surface area (TPSA) is 78.5 Å². The number of urea groups is 1. The highest BCUT2D eigenvalue weighted by atomic mass is 16.2. The van der Waals surface area contributed by atoms with Crippen molar-refractivity contribution in [3.05, 3.63) is 65.2 Å². The Morgan fingerprint density at radius 2 is 1.64 bits per heavy atom. The van der Waals surface area contributed by atoms with Crippen LogP contribution in [0.15, 0.2) is 48.5 Å². The first kappa shape index (κ1) is 19.6. The highest BCUT2D eigenvalue weighted by Gasteiger charge is 2.30. The summed E-state index contributed by atoms with van der Waals surface area (Å²) in [4.78, 5) is 37.0. The van der Waals surface area contributed by atoms with Crippen molar-refractivity contribution >= 4 is 23.5 Å². The monoisotopic (exact) mass is 379 g/mol. The SMILES string of the molecule is CCc1ccc(CN(C)C(=O)Nc2ccc(CC3CC(=O)NC3=O)cc2)cc1. The van der Waals surface area contributed by atoms with Gasteiger partial charge in [0.25, 0.3) is 0 Å². The number of amides is 4. The van der Waals surface area contributed by atoms with Gasteiger partial charge in [0.1, 0.15) is 0 Å². The van der Waals surface area contributed by atoms with Gasteiger partial charge >= 0.3 is 6.03 Å². The third-order valence-electron chi connectivity index (χ3n) is 4.95. The van der Waals surface area contributed by atoms with Crippen molar-refractivity contribution in [2.45, 2.75) is 32.7 Å². The van der Waals surface area contributed by atoms with Crippen molar-refractivity contribution in [1.82, 2.24) is 10.2 Å². The van der Waals surface area contributed by atoms with Crippen molar-refractivity contribution in [3.8, 4) is 0 Å². The second-order valence-corrected chi connectivity index (χ2v) is 7.17. The first-order chi connectivity index (χ1) is 13.4. The predicted octanol–water partition coefficient (Wildman–Crippen LogP) is 3.12. The van der Waals surface area contributed by atoms with Crippen molar-refractivity contribution in [2.24, 2.45) is 5.92 Å². The first-order valence-electron chi connectivity index (χ1n) is 9.47. The number of imide groups is 1. The molecule has 1 heterocycles. The van der Waals surface area contributed by atoms with Gasteiger partial charge in [-0.25, -0.2) is 4.79 Å². The van der Waals surface area contributed by atoms with Crippen LogP contribution in [0.4, 0.5) is 10.5 Å². The molecule has 3 rings (SSSR count). The molecule has 2 aromatic rings. The minimum Gasteiger partial charge on any atom is -0.323 e. The van der Waals surface area contributed by atoms with Crippen LogP contribution in [0.25, 0.3) is 0 Å². The number of rotatable bonds is 6.